The summed E-state index contributed by atoms with van der Waals surface area (Å²) in [5.74, 6) is 0. The fourth-order valence-electron chi connectivity index (χ4n) is 1.50. The maximum atomic E-state index is 9.66. The van der Waals surface area contributed by atoms with Crippen LogP contribution in [0.1, 0.15) is 52.2 Å². The highest BCUT2D eigenvalue weighted by molar-refractivity contribution is 5.13. The molecule has 0 amide bonds. The number of hydrogen-bond acceptors (Lipinski definition) is 1. The number of aromatic nitrogens is 1. The molecule has 0 bridgehead atoms. The molecule has 0 saturated heterocycles. The van der Waals surface area contributed by atoms with E-state index in [9.17, 15) is 5.11 Å². The Morgan fingerprint density at radius 3 is 2.60 bits per heavy atom. The van der Waals surface area contributed by atoms with Crippen LogP contribution in [0, 0.1) is 5.41 Å². The number of rotatable bonds is 4. The molecule has 0 aliphatic heterocycles. The van der Waals surface area contributed by atoms with E-state index in [1.54, 1.807) is 0 Å². The number of hydrogen-bond donors (Lipinski definition) is 1. The molecule has 2 heteroatoms. The van der Waals surface area contributed by atoms with Crippen molar-refractivity contribution >= 4 is 0 Å². The zero-order valence-corrected chi connectivity index (χ0v) is 10.3. The molecule has 1 unspecified atom stereocenters. The minimum absolute atomic E-state index is 0.305. The standard InChI is InChI=1S/C13H23NO/c1-5-12(15)11-6-8-14(10-11)9-7-13(2,3)4/h6,8,10,12,15H,5,7,9H2,1-4H3. The van der Waals surface area contributed by atoms with Crippen LogP contribution in [0.5, 0.6) is 0 Å². The molecule has 0 aromatic carbocycles. The van der Waals surface area contributed by atoms with E-state index in [0.717, 1.165) is 24.9 Å². The van der Waals surface area contributed by atoms with E-state index >= 15 is 0 Å². The molecule has 1 heterocycles. The molecule has 86 valence electrons. The first-order valence-electron chi connectivity index (χ1n) is 5.76. The van der Waals surface area contributed by atoms with Gasteiger partial charge < -0.3 is 9.67 Å². The predicted octanol–water partition coefficient (Wildman–Crippen LogP) is 3.37. The number of aliphatic hydroxyl groups is 1. The lowest BCUT2D eigenvalue weighted by atomic mass is 9.92. The van der Waals surface area contributed by atoms with Crippen molar-refractivity contribution in [1.82, 2.24) is 4.57 Å². The molecular formula is C13H23NO. The van der Waals surface area contributed by atoms with Crippen LogP contribution in [-0.2, 0) is 6.54 Å². The molecule has 0 aliphatic rings. The Labute approximate surface area is 92.9 Å². The van der Waals surface area contributed by atoms with Crippen LogP contribution in [0.25, 0.3) is 0 Å². The molecule has 1 N–H and O–H groups in total. The largest absolute Gasteiger partial charge is 0.388 e. The second-order valence-corrected chi connectivity index (χ2v) is 5.42. The highest BCUT2D eigenvalue weighted by atomic mass is 16.3. The molecule has 0 radical (unpaired) electrons. The second-order valence-electron chi connectivity index (χ2n) is 5.42. The third kappa shape index (κ3) is 4.08. The van der Waals surface area contributed by atoms with Crippen molar-refractivity contribution in [1.29, 1.82) is 0 Å². The van der Waals surface area contributed by atoms with E-state index in [-0.39, 0.29) is 6.10 Å². The Hall–Kier alpha value is -0.760. The third-order valence-electron chi connectivity index (χ3n) is 2.66. The molecule has 0 saturated carbocycles. The molecule has 1 aromatic rings. The Morgan fingerprint density at radius 1 is 1.40 bits per heavy atom. The summed E-state index contributed by atoms with van der Waals surface area (Å²) in [5, 5.41) is 9.66. The fraction of sp³-hybridized carbons (Fsp3) is 0.692. The van der Waals surface area contributed by atoms with Crippen molar-refractivity contribution in [3.05, 3.63) is 24.0 Å². The van der Waals surface area contributed by atoms with E-state index in [1.807, 2.05) is 13.0 Å². The van der Waals surface area contributed by atoms with Gasteiger partial charge in [-0.3, -0.25) is 0 Å². The number of aliphatic hydroxyl groups excluding tert-OH is 1. The van der Waals surface area contributed by atoms with E-state index in [0.29, 0.717) is 5.41 Å². The molecule has 15 heavy (non-hydrogen) atoms. The van der Waals surface area contributed by atoms with Crippen molar-refractivity contribution in [2.24, 2.45) is 5.41 Å². The average Bonchev–Trinajstić information content (AvgIpc) is 2.61. The summed E-state index contributed by atoms with van der Waals surface area (Å²) in [6.07, 6.45) is 5.74. The quantitative estimate of drug-likeness (QED) is 0.808. The molecule has 2 nitrogen and oxygen atoms in total. The average molecular weight is 209 g/mol. The van der Waals surface area contributed by atoms with Crippen LogP contribution in [0.4, 0.5) is 0 Å². The Bertz CT molecular complexity index is 296. The summed E-state index contributed by atoms with van der Waals surface area (Å²) < 4.78 is 2.17. The van der Waals surface area contributed by atoms with Gasteiger partial charge in [0.05, 0.1) is 6.10 Å². The minimum atomic E-state index is -0.305. The van der Waals surface area contributed by atoms with Crippen LogP contribution in [0.15, 0.2) is 18.5 Å². The normalized spacial score (nSPS) is 14.2. The first kappa shape index (κ1) is 12.3. The second kappa shape index (κ2) is 4.84. The summed E-state index contributed by atoms with van der Waals surface area (Å²) in [6.45, 7) is 9.77. The smallest absolute Gasteiger partial charge is 0.0802 e. The number of aryl methyl sites for hydroxylation is 1. The van der Waals surface area contributed by atoms with Crippen molar-refractivity contribution < 1.29 is 5.11 Å². The fourth-order valence-corrected chi connectivity index (χ4v) is 1.50. The molecule has 0 aliphatic carbocycles. The zero-order chi connectivity index (χ0) is 11.5. The first-order chi connectivity index (χ1) is 6.92. The van der Waals surface area contributed by atoms with E-state index in [1.165, 1.54) is 0 Å². The topological polar surface area (TPSA) is 25.2 Å². The van der Waals surface area contributed by atoms with Crippen molar-refractivity contribution in [3.8, 4) is 0 Å². The van der Waals surface area contributed by atoms with Crippen molar-refractivity contribution in [3.63, 3.8) is 0 Å². The lowest BCUT2D eigenvalue weighted by Gasteiger charge is -2.18. The molecule has 0 spiro atoms. The van der Waals surface area contributed by atoms with Crippen molar-refractivity contribution in [2.45, 2.75) is 53.2 Å². The van der Waals surface area contributed by atoms with Crippen LogP contribution in [0.2, 0.25) is 0 Å². The van der Waals surface area contributed by atoms with Gasteiger partial charge in [-0.2, -0.15) is 0 Å². The van der Waals surface area contributed by atoms with E-state index in [4.69, 9.17) is 0 Å². The SMILES string of the molecule is CCC(O)c1ccn(CCC(C)(C)C)c1. The van der Waals surface area contributed by atoms with Crippen molar-refractivity contribution in [2.75, 3.05) is 0 Å². The Kier molecular flexibility index (Phi) is 3.97. The molecular weight excluding hydrogens is 186 g/mol. The molecule has 1 rings (SSSR count). The van der Waals surface area contributed by atoms with Gasteiger partial charge >= 0.3 is 0 Å². The van der Waals surface area contributed by atoms with Gasteiger partial charge in [-0.15, -0.1) is 0 Å². The summed E-state index contributed by atoms with van der Waals surface area (Å²) in [6, 6.07) is 2.01. The summed E-state index contributed by atoms with van der Waals surface area (Å²) in [5.41, 5.74) is 1.40. The number of nitrogens with zero attached hydrogens (tertiary/aromatic N) is 1. The van der Waals surface area contributed by atoms with Gasteiger partial charge in [0, 0.05) is 18.9 Å². The maximum absolute atomic E-state index is 9.66. The summed E-state index contributed by atoms with van der Waals surface area (Å²) in [7, 11) is 0. The zero-order valence-electron chi connectivity index (χ0n) is 10.3. The Balaban J connectivity index is 2.53. The van der Waals surface area contributed by atoms with Gasteiger partial charge in [-0.05, 0) is 29.9 Å². The van der Waals surface area contributed by atoms with Crippen LogP contribution in [-0.4, -0.2) is 9.67 Å². The highest BCUT2D eigenvalue weighted by Crippen LogP contribution is 2.21. The highest BCUT2D eigenvalue weighted by Gasteiger charge is 2.11. The van der Waals surface area contributed by atoms with E-state index < -0.39 is 0 Å². The summed E-state index contributed by atoms with van der Waals surface area (Å²) in [4.78, 5) is 0. The van der Waals surface area contributed by atoms with Gasteiger partial charge in [-0.25, -0.2) is 0 Å². The van der Waals surface area contributed by atoms with Crippen LogP contribution >= 0.6 is 0 Å². The molecule has 1 aromatic heterocycles. The van der Waals surface area contributed by atoms with Crippen LogP contribution in [0.3, 0.4) is 0 Å². The monoisotopic (exact) mass is 209 g/mol. The van der Waals surface area contributed by atoms with Gasteiger partial charge in [0.15, 0.2) is 0 Å². The van der Waals surface area contributed by atoms with Gasteiger partial charge in [0.2, 0.25) is 0 Å². The Morgan fingerprint density at radius 2 is 2.07 bits per heavy atom. The molecule has 1 atom stereocenters. The lowest BCUT2D eigenvalue weighted by Crippen LogP contribution is -2.09. The van der Waals surface area contributed by atoms with E-state index in [2.05, 4.69) is 37.7 Å². The molecule has 0 fully saturated rings. The van der Waals surface area contributed by atoms with Crippen LogP contribution < -0.4 is 0 Å². The van der Waals surface area contributed by atoms with Gasteiger partial charge in [0.25, 0.3) is 0 Å². The summed E-state index contributed by atoms with van der Waals surface area (Å²) >= 11 is 0. The lowest BCUT2D eigenvalue weighted by molar-refractivity contribution is 0.173. The van der Waals surface area contributed by atoms with Gasteiger partial charge in [-0.1, -0.05) is 27.7 Å². The maximum Gasteiger partial charge on any atom is 0.0802 e. The third-order valence-corrected chi connectivity index (χ3v) is 2.66. The first-order valence-corrected chi connectivity index (χ1v) is 5.76. The predicted molar refractivity (Wildman–Crippen MR) is 63.8 cm³/mol. The minimum Gasteiger partial charge on any atom is -0.388 e. The van der Waals surface area contributed by atoms with Gasteiger partial charge in [0.1, 0.15) is 0 Å².